The number of anilines is 1. The summed E-state index contributed by atoms with van der Waals surface area (Å²) < 4.78 is 8.22. The Morgan fingerprint density at radius 1 is 0.974 bits per heavy atom. The minimum absolute atomic E-state index is 0.160. The Kier molecular flexibility index (Phi) is 7.46. The van der Waals surface area contributed by atoms with Crippen LogP contribution in [0.25, 0.3) is 17.0 Å². The Morgan fingerprint density at radius 3 is 2.47 bits per heavy atom. The van der Waals surface area contributed by atoms with E-state index in [-0.39, 0.29) is 11.5 Å². The molecule has 0 saturated carbocycles. The van der Waals surface area contributed by atoms with Gasteiger partial charge in [0.2, 0.25) is 0 Å². The zero-order valence-electron chi connectivity index (χ0n) is 21.9. The van der Waals surface area contributed by atoms with E-state index in [0.29, 0.717) is 26.2 Å². The molecule has 1 saturated heterocycles. The quantitative estimate of drug-likeness (QED) is 0.243. The van der Waals surface area contributed by atoms with Gasteiger partial charge in [0.1, 0.15) is 24.0 Å². The van der Waals surface area contributed by atoms with Crippen molar-refractivity contribution in [3.05, 3.63) is 101 Å². The van der Waals surface area contributed by atoms with Gasteiger partial charge in [-0.05, 0) is 55.3 Å². The van der Waals surface area contributed by atoms with Crippen molar-refractivity contribution in [3.63, 3.8) is 0 Å². The highest BCUT2D eigenvalue weighted by Crippen LogP contribution is 2.25. The summed E-state index contributed by atoms with van der Waals surface area (Å²) in [5.74, 6) is 0.682. The third kappa shape index (κ3) is 5.42. The van der Waals surface area contributed by atoms with Crippen LogP contribution in [0.15, 0.2) is 84.6 Å². The number of ether oxygens (including phenoxy) is 1. The highest BCUT2D eigenvalue weighted by Gasteiger charge is 2.24. The second-order valence-corrected chi connectivity index (χ2v) is 9.70. The molecule has 6 heteroatoms. The van der Waals surface area contributed by atoms with Gasteiger partial charge in [-0.3, -0.25) is 4.79 Å². The number of aryl methyl sites for hydroxylation is 2. The van der Waals surface area contributed by atoms with Crippen molar-refractivity contribution < 1.29 is 9.53 Å². The summed E-state index contributed by atoms with van der Waals surface area (Å²) in [5.41, 5.74) is 5.50. The number of hydrogen-bond donors (Lipinski definition) is 0. The molecule has 2 heterocycles. The number of nitriles is 1. The molecule has 0 spiro atoms. The molecular formula is C32H32N4O2. The van der Waals surface area contributed by atoms with Gasteiger partial charge in [0, 0.05) is 54.5 Å². The van der Waals surface area contributed by atoms with E-state index in [1.54, 1.807) is 11.0 Å². The Bertz CT molecular complexity index is 1510. The van der Waals surface area contributed by atoms with Crippen LogP contribution in [0.1, 0.15) is 16.7 Å². The first-order valence-electron chi connectivity index (χ1n) is 13.0. The van der Waals surface area contributed by atoms with Gasteiger partial charge in [0.15, 0.2) is 0 Å². The molecule has 38 heavy (non-hydrogen) atoms. The Balaban J connectivity index is 1.31. The van der Waals surface area contributed by atoms with Gasteiger partial charge in [0.05, 0.1) is 6.54 Å². The molecule has 0 atom stereocenters. The van der Waals surface area contributed by atoms with Gasteiger partial charge in [0.25, 0.3) is 5.91 Å². The fourth-order valence-electron chi connectivity index (χ4n) is 4.97. The third-order valence-electron chi connectivity index (χ3n) is 7.09. The summed E-state index contributed by atoms with van der Waals surface area (Å²) in [4.78, 5) is 17.4. The lowest BCUT2D eigenvalue weighted by Gasteiger charge is -2.36. The molecule has 0 bridgehead atoms. The van der Waals surface area contributed by atoms with E-state index in [1.165, 1.54) is 5.56 Å². The molecule has 1 aliphatic heterocycles. The van der Waals surface area contributed by atoms with Gasteiger partial charge in [-0.2, -0.15) is 5.26 Å². The Morgan fingerprint density at radius 2 is 1.71 bits per heavy atom. The maximum atomic E-state index is 13.3. The molecule has 0 radical (unpaired) electrons. The number of para-hydroxylation sites is 2. The minimum atomic E-state index is -0.213. The minimum Gasteiger partial charge on any atom is -0.491 e. The van der Waals surface area contributed by atoms with Crippen molar-refractivity contribution in [2.45, 2.75) is 20.4 Å². The summed E-state index contributed by atoms with van der Waals surface area (Å²) >= 11 is 0. The molecule has 192 valence electrons. The van der Waals surface area contributed by atoms with Crippen LogP contribution in [0.2, 0.25) is 0 Å². The monoisotopic (exact) mass is 504 g/mol. The summed E-state index contributed by atoms with van der Waals surface area (Å²) in [7, 11) is 0. The Hall–Kier alpha value is -4.50. The molecule has 0 aliphatic carbocycles. The first-order chi connectivity index (χ1) is 18.5. The standard InChI is InChI=1S/C32H32N4O2/c1-24-12-13-25(2)31(20-24)38-19-18-36-23-27(29-10-6-7-11-30(29)36)21-26(22-33)32(37)35-16-14-34(15-17-35)28-8-4-3-5-9-28/h3-13,20-21,23H,14-19H2,1-2H3/b26-21-. The lowest BCUT2D eigenvalue weighted by molar-refractivity contribution is -0.126. The van der Waals surface area contributed by atoms with Crippen LogP contribution in [0.5, 0.6) is 5.75 Å². The lowest BCUT2D eigenvalue weighted by Crippen LogP contribution is -2.49. The van der Waals surface area contributed by atoms with Crippen molar-refractivity contribution in [2.24, 2.45) is 0 Å². The van der Waals surface area contributed by atoms with E-state index in [0.717, 1.165) is 46.6 Å². The lowest BCUT2D eigenvalue weighted by atomic mass is 10.1. The van der Waals surface area contributed by atoms with Gasteiger partial charge in [-0.15, -0.1) is 0 Å². The fraction of sp³-hybridized carbons (Fsp3) is 0.250. The van der Waals surface area contributed by atoms with Gasteiger partial charge in [-0.1, -0.05) is 48.5 Å². The second-order valence-electron chi connectivity index (χ2n) is 9.70. The van der Waals surface area contributed by atoms with Crippen LogP contribution in [-0.2, 0) is 11.3 Å². The van der Waals surface area contributed by atoms with Crippen LogP contribution in [-0.4, -0.2) is 48.2 Å². The van der Waals surface area contributed by atoms with E-state index < -0.39 is 0 Å². The molecule has 1 aliphatic rings. The van der Waals surface area contributed by atoms with Crippen LogP contribution >= 0.6 is 0 Å². The van der Waals surface area contributed by atoms with Crippen molar-refractivity contribution >= 4 is 28.6 Å². The number of carbonyl (C=O) groups excluding carboxylic acids is 1. The second kappa shape index (κ2) is 11.3. The van der Waals surface area contributed by atoms with E-state index in [1.807, 2.05) is 49.5 Å². The molecule has 1 aromatic heterocycles. The SMILES string of the molecule is Cc1ccc(C)c(OCCn2cc(/C=C(/C#N)C(=O)N3CCN(c4ccccc4)CC3)c3ccccc32)c1. The van der Waals surface area contributed by atoms with E-state index in [2.05, 4.69) is 58.9 Å². The molecule has 5 rings (SSSR count). The highest BCUT2D eigenvalue weighted by atomic mass is 16.5. The molecule has 4 aromatic rings. The maximum Gasteiger partial charge on any atom is 0.264 e. The van der Waals surface area contributed by atoms with Gasteiger partial charge in [-0.25, -0.2) is 0 Å². The first-order valence-corrected chi connectivity index (χ1v) is 13.0. The molecule has 6 nitrogen and oxygen atoms in total. The highest BCUT2D eigenvalue weighted by molar-refractivity contribution is 6.04. The van der Waals surface area contributed by atoms with Crippen LogP contribution < -0.4 is 9.64 Å². The summed E-state index contributed by atoms with van der Waals surface area (Å²) in [6.45, 7) is 7.93. The molecule has 0 unspecified atom stereocenters. The van der Waals surface area contributed by atoms with Crippen molar-refractivity contribution in [1.82, 2.24) is 9.47 Å². The maximum absolute atomic E-state index is 13.3. The van der Waals surface area contributed by atoms with E-state index in [9.17, 15) is 10.1 Å². The first kappa shape index (κ1) is 25.2. The summed E-state index contributed by atoms with van der Waals surface area (Å²) in [6, 6.07) is 26.7. The number of hydrogen-bond acceptors (Lipinski definition) is 4. The fourth-order valence-corrected chi connectivity index (χ4v) is 4.97. The van der Waals surface area contributed by atoms with Crippen LogP contribution in [0, 0.1) is 25.2 Å². The van der Waals surface area contributed by atoms with Crippen molar-refractivity contribution in [1.29, 1.82) is 5.26 Å². The average Bonchev–Trinajstić information content (AvgIpc) is 3.31. The van der Waals surface area contributed by atoms with E-state index >= 15 is 0 Å². The zero-order chi connectivity index (χ0) is 26.5. The number of fused-ring (bicyclic) bond motifs is 1. The number of benzene rings is 3. The number of carbonyl (C=O) groups is 1. The predicted molar refractivity (Wildman–Crippen MR) is 152 cm³/mol. The number of amides is 1. The normalized spacial score (nSPS) is 14.0. The largest absolute Gasteiger partial charge is 0.491 e. The number of piperazine rings is 1. The third-order valence-corrected chi connectivity index (χ3v) is 7.09. The van der Waals surface area contributed by atoms with E-state index in [4.69, 9.17) is 4.74 Å². The molecule has 0 N–H and O–H groups in total. The van der Waals surface area contributed by atoms with Crippen molar-refractivity contribution in [2.75, 3.05) is 37.7 Å². The van der Waals surface area contributed by atoms with Gasteiger partial charge < -0.3 is 19.1 Å². The molecule has 1 fully saturated rings. The Labute approximate surface area is 224 Å². The molecule has 3 aromatic carbocycles. The zero-order valence-corrected chi connectivity index (χ0v) is 21.9. The number of nitrogens with zero attached hydrogens (tertiary/aromatic N) is 4. The molecular weight excluding hydrogens is 472 g/mol. The van der Waals surface area contributed by atoms with Crippen molar-refractivity contribution in [3.8, 4) is 11.8 Å². The van der Waals surface area contributed by atoms with Gasteiger partial charge >= 0.3 is 0 Å². The van der Waals surface area contributed by atoms with Crippen LogP contribution in [0.4, 0.5) is 5.69 Å². The van der Waals surface area contributed by atoms with Crippen LogP contribution in [0.3, 0.4) is 0 Å². The topological polar surface area (TPSA) is 61.5 Å². The summed E-state index contributed by atoms with van der Waals surface area (Å²) in [6.07, 6.45) is 3.74. The number of rotatable bonds is 7. The predicted octanol–water partition coefficient (Wildman–Crippen LogP) is 5.59. The molecule has 1 amide bonds. The summed E-state index contributed by atoms with van der Waals surface area (Å²) in [5, 5.41) is 10.9. The average molecular weight is 505 g/mol. The smallest absolute Gasteiger partial charge is 0.264 e. The number of aromatic nitrogens is 1.